The number of allylic oxidation sites excluding steroid dienone is 2. The fraction of sp³-hybridized carbons (Fsp3) is 0.667. The molecule has 0 radical (unpaired) electrons. The largest absolute Gasteiger partial charge is 0.461 e. The number of rotatable bonds is 7. The van der Waals surface area contributed by atoms with E-state index in [0.29, 0.717) is 12.5 Å². The summed E-state index contributed by atoms with van der Waals surface area (Å²) in [4.78, 5) is 12.1. The Hall–Kier alpha value is -1.05. The number of carbonyl (C=O) groups excluding carboxylic acids is 1. The van der Waals surface area contributed by atoms with Crippen molar-refractivity contribution < 1.29 is 9.53 Å². The maximum atomic E-state index is 12.1. The molecule has 0 aliphatic heterocycles. The van der Waals surface area contributed by atoms with Crippen LogP contribution in [0.3, 0.4) is 0 Å². The molecular weight excluding hydrogens is 212 g/mol. The second-order valence-electron chi connectivity index (χ2n) is 5.43. The van der Waals surface area contributed by atoms with Crippen molar-refractivity contribution >= 4 is 5.97 Å². The minimum Gasteiger partial charge on any atom is -0.461 e. The normalized spacial score (nSPS) is 15.2. The summed E-state index contributed by atoms with van der Waals surface area (Å²) >= 11 is 0. The van der Waals surface area contributed by atoms with Crippen molar-refractivity contribution in [3.05, 3.63) is 24.8 Å². The fourth-order valence-electron chi connectivity index (χ4n) is 1.84. The van der Waals surface area contributed by atoms with Gasteiger partial charge in [-0.05, 0) is 31.3 Å². The second-order valence-corrected chi connectivity index (χ2v) is 5.43. The highest BCUT2D eigenvalue weighted by molar-refractivity contribution is 5.76. The van der Waals surface area contributed by atoms with E-state index in [1.54, 1.807) is 18.2 Å². The molecule has 0 amide bonds. The first-order valence-corrected chi connectivity index (χ1v) is 6.29. The van der Waals surface area contributed by atoms with Gasteiger partial charge in [-0.25, -0.2) is 0 Å². The molecular formula is C15H26O2. The minimum atomic E-state index is -0.393. The first-order valence-electron chi connectivity index (χ1n) is 6.29. The molecule has 0 fully saturated rings. The summed E-state index contributed by atoms with van der Waals surface area (Å²) in [5.74, 6) is 0.661. The number of carbonyl (C=O) groups is 1. The average molecular weight is 238 g/mol. The maximum Gasteiger partial charge on any atom is 0.312 e. The van der Waals surface area contributed by atoms with Crippen LogP contribution in [0.4, 0.5) is 0 Å². The molecule has 2 nitrogen and oxygen atoms in total. The van der Waals surface area contributed by atoms with Gasteiger partial charge in [-0.1, -0.05) is 46.4 Å². The molecule has 0 aliphatic carbocycles. The summed E-state index contributed by atoms with van der Waals surface area (Å²) in [6.45, 7) is 14.3. The molecule has 0 aliphatic rings. The van der Waals surface area contributed by atoms with Gasteiger partial charge >= 0.3 is 5.97 Å². The molecule has 0 aromatic rings. The molecule has 1 unspecified atom stereocenters. The van der Waals surface area contributed by atoms with Crippen molar-refractivity contribution in [1.82, 2.24) is 0 Å². The van der Waals surface area contributed by atoms with Gasteiger partial charge in [-0.15, -0.1) is 0 Å². The molecule has 0 aromatic carbocycles. The summed E-state index contributed by atoms with van der Waals surface area (Å²) in [5, 5.41) is 0. The Balaban J connectivity index is 4.54. The van der Waals surface area contributed by atoms with E-state index in [9.17, 15) is 4.79 Å². The average Bonchev–Trinajstić information content (AvgIpc) is 2.22. The van der Waals surface area contributed by atoms with Gasteiger partial charge in [0.25, 0.3) is 0 Å². The van der Waals surface area contributed by atoms with Crippen LogP contribution in [0.5, 0.6) is 0 Å². The standard InChI is InChI=1S/C15H26O2/c1-7-8-9-10-17-14(16)15(6,13(4)5)11-12(2)3/h7-9,12-13H,1,10-11H2,2-6H3/b9-8+. The highest BCUT2D eigenvalue weighted by atomic mass is 16.5. The summed E-state index contributed by atoms with van der Waals surface area (Å²) in [6.07, 6.45) is 6.10. The van der Waals surface area contributed by atoms with E-state index in [0.717, 1.165) is 6.42 Å². The zero-order chi connectivity index (χ0) is 13.5. The van der Waals surface area contributed by atoms with E-state index in [1.165, 1.54) is 0 Å². The quantitative estimate of drug-likeness (QED) is 0.495. The van der Waals surface area contributed by atoms with Crippen LogP contribution in [0, 0.1) is 17.3 Å². The van der Waals surface area contributed by atoms with Crippen LogP contribution in [-0.4, -0.2) is 12.6 Å². The molecule has 1 atom stereocenters. The zero-order valence-electron chi connectivity index (χ0n) is 11.8. The Bertz CT molecular complexity index is 277. The van der Waals surface area contributed by atoms with Crippen molar-refractivity contribution in [3.8, 4) is 0 Å². The van der Waals surface area contributed by atoms with Gasteiger partial charge in [-0.3, -0.25) is 4.79 Å². The van der Waals surface area contributed by atoms with E-state index >= 15 is 0 Å². The lowest BCUT2D eigenvalue weighted by Crippen LogP contribution is -2.36. The molecule has 0 saturated heterocycles. The van der Waals surface area contributed by atoms with Crippen molar-refractivity contribution in [3.63, 3.8) is 0 Å². The molecule has 0 N–H and O–H groups in total. The topological polar surface area (TPSA) is 26.3 Å². The van der Waals surface area contributed by atoms with Gasteiger partial charge in [0.05, 0.1) is 5.41 Å². The van der Waals surface area contributed by atoms with Crippen LogP contribution < -0.4 is 0 Å². The molecule has 0 aromatic heterocycles. The third kappa shape index (κ3) is 5.20. The van der Waals surface area contributed by atoms with Crippen molar-refractivity contribution in [2.75, 3.05) is 6.61 Å². The Morgan fingerprint density at radius 3 is 2.35 bits per heavy atom. The number of esters is 1. The summed E-state index contributed by atoms with van der Waals surface area (Å²) in [7, 11) is 0. The number of hydrogen-bond donors (Lipinski definition) is 0. The Kier molecular flexibility index (Phi) is 6.86. The Labute approximate surface area is 106 Å². The minimum absolute atomic E-state index is 0.102. The first-order chi connectivity index (χ1) is 7.84. The van der Waals surface area contributed by atoms with E-state index in [2.05, 4.69) is 34.3 Å². The van der Waals surface area contributed by atoms with Crippen LogP contribution in [0.2, 0.25) is 0 Å². The van der Waals surface area contributed by atoms with Crippen LogP contribution in [0.1, 0.15) is 41.0 Å². The highest BCUT2D eigenvalue weighted by Crippen LogP contribution is 2.35. The van der Waals surface area contributed by atoms with Gasteiger partial charge < -0.3 is 4.74 Å². The lowest BCUT2D eigenvalue weighted by Gasteiger charge is -2.32. The molecule has 0 rings (SSSR count). The van der Waals surface area contributed by atoms with Crippen LogP contribution in [0.15, 0.2) is 24.8 Å². The molecule has 0 spiro atoms. The van der Waals surface area contributed by atoms with Crippen molar-refractivity contribution in [2.24, 2.45) is 17.3 Å². The monoisotopic (exact) mass is 238 g/mol. The first kappa shape index (κ1) is 16.0. The van der Waals surface area contributed by atoms with Crippen LogP contribution in [0.25, 0.3) is 0 Å². The van der Waals surface area contributed by atoms with Gasteiger partial charge in [0.1, 0.15) is 6.61 Å². The fourth-order valence-corrected chi connectivity index (χ4v) is 1.84. The third-order valence-electron chi connectivity index (χ3n) is 3.16. The molecule has 98 valence electrons. The molecule has 0 heterocycles. The van der Waals surface area contributed by atoms with E-state index < -0.39 is 5.41 Å². The highest BCUT2D eigenvalue weighted by Gasteiger charge is 2.38. The van der Waals surface area contributed by atoms with Crippen LogP contribution in [-0.2, 0) is 9.53 Å². The number of ether oxygens (including phenoxy) is 1. The van der Waals surface area contributed by atoms with Gasteiger partial charge in [-0.2, -0.15) is 0 Å². The van der Waals surface area contributed by atoms with E-state index in [-0.39, 0.29) is 11.9 Å². The van der Waals surface area contributed by atoms with Gasteiger partial charge in [0.15, 0.2) is 0 Å². The summed E-state index contributed by atoms with van der Waals surface area (Å²) in [6, 6.07) is 0. The van der Waals surface area contributed by atoms with Gasteiger partial charge in [0, 0.05) is 0 Å². The Morgan fingerprint density at radius 2 is 1.94 bits per heavy atom. The third-order valence-corrected chi connectivity index (χ3v) is 3.16. The maximum absolute atomic E-state index is 12.1. The molecule has 0 saturated carbocycles. The SMILES string of the molecule is C=C/C=C/COC(=O)C(C)(CC(C)C)C(C)C. The van der Waals surface area contributed by atoms with Crippen molar-refractivity contribution in [1.29, 1.82) is 0 Å². The molecule has 17 heavy (non-hydrogen) atoms. The summed E-state index contributed by atoms with van der Waals surface area (Å²) < 4.78 is 5.30. The Morgan fingerprint density at radius 1 is 1.35 bits per heavy atom. The molecule has 0 bridgehead atoms. The lowest BCUT2D eigenvalue weighted by molar-refractivity contribution is -0.157. The van der Waals surface area contributed by atoms with Gasteiger partial charge in [0.2, 0.25) is 0 Å². The summed E-state index contributed by atoms with van der Waals surface area (Å²) in [5.41, 5.74) is -0.393. The van der Waals surface area contributed by atoms with Crippen molar-refractivity contribution in [2.45, 2.75) is 41.0 Å². The van der Waals surface area contributed by atoms with E-state index in [4.69, 9.17) is 4.74 Å². The van der Waals surface area contributed by atoms with E-state index in [1.807, 2.05) is 6.92 Å². The predicted octanol–water partition coefficient (Wildman–Crippen LogP) is 3.98. The second kappa shape index (κ2) is 7.31. The zero-order valence-corrected chi connectivity index (χ0v) is 11.8. The predicted molar refractivity (Wildman–Crippen MR) is 72.7 cm³/mol. The van der Waals surface area contributed by atoms with Crippen LogP contribution >= 0.6 is 0 Å². The smallest absolute Gasteiger partial charge is 0.312 e. The lowest BCUT2D eigenvalue weighted by atomic mass is 9.73. The molecule has 2 heteroatoms. The number of hydrogen-bond acceptors (Lipinski definition) is 2.